The van der Waals surface area contributed by atoms with Gasteiger partial charge in [-0.05, 0) is 30.3 Å². The number of hydrogen-bond acceptors (Lipinski definition) is 7. The Morgan fingerprint density at radius 1 is 1.14 bits per heavy atom. The molecule has 4 aromatic heterocycles. The van der Waals surface area contributed by atoms with Gasteiger partial charge in [0.15, 0.2) is 11.5 Å². The lowest BCUT2D eigenvalue weighted by atomic mass is 10.2. The zero-order valence-electron chi connectivity index (χ0n) is 15.1. The van der Waals surface area contributed by atoms with Crippen LogP contribution in [-0.2, 0) is 7.05 Å². The van der Waals surface area contributed by atoms with E-state index in [-0.39, 0.29) is 11.6 Å². The predicted molar refractivity (Wildman–Crippen MR) is 104 cm³/mol. The van der Waals surface area contributed by atoms with Crippen LogP contribution in [0.4, 0.5) is 16.0 Å². The van der Waals surface area contributed by atoms with Gasteiger partial charge in [0.25, 0.3) is 5.56 Å². The van der Waals surface area contributed by atoms with Crippen LogP contribution in [0.5, 0.6) is 0 Å². The first-order valence-corrected chi connectivity index (χ1v) is 8.66. The molecule has 0 spiro atoms. The summed E-state index contributed by atoms with van der Waals surface area (Å²) in [7, 11) is 1.79. The molecule has 0 aliphatic carbocycles. The second kappa shape index (κ2) is 6.44. The van der Waals surface area contributed by atoms with E-state index < -0.39 is 11.4 Å². The summed E-state index contributed by atoms with van der Waals surface area (Å²) in [5, 5.41) is 12.1. The molecule has 0 amide bonds. The van der Waals surface area contributed by atoms with Crippen molar-refractivity contribution in [2.45, 2.75) is 0 Å². The number of aryl methyl sites for hydroxylation is 1. The molecule has 10 heteroatoms. The molecule has 5 rings (SSSR count). The van der Waals surface area contributed by atoms with Gasteiger partial charge in [-0.3, -0.25) is 9.48 Å². The Morgan fingerprint density at radius 3 is 2.86 bits per heavy atom. The number of nitrogens with zero attached hydrogens (tertiary/aromatic N) is 7. The minimum absolute atomic E-state index is 0.226. The van der Waals surface area contributed by atoms with Crippen LogP contribution < -0.4 is 10.9 Å². The van der Waals surface area contributed by atoms with Crippen LogP contribution in [0.15, 0.2) is 59.8 Å². The summed E-state index contributed by atoms with van der Waals surface area (Å²) in [5.74, 6) is 0.250. The Morgan fingerprint density at radius 2 is 2.03 bits per heavy atom. The maximum absolute atomic E-state index is 13.9. The van der Waals surface area contributed by atoms with Gasteiger partial charge >= 0.3 is 0 Å². The molecule has 0 saturated heterocycles. The quantitative estimate of drug-likeness (QED) is 0.506. The van der Waals surface area contributed by atoms with Crippen LogP contribution in [-0.4, -0.2) is 34.3 Å². The second-order valence-corrected chi connectivity index (χ2v) is 6.34. The molecule has 0 bridgehead atoms. The van der Waals surface area contributed by atoms with Crippen LogP contribution in [0.3, 0.4) is 0 Å². The minimum Gasteiger partial charge on any atom is -0.319 e. The fraction of sp³-hybridized carbons (Fsp3) is 0.0526. The van der Waals surface area contributed by atoms with Gasteiger partial charge in [0.2, 0.25) is 5.95 Å². The molecular formula is C19H13FN8O. The third kappa shape index (κ3) is 2.96. The number of rotatable bonds is 3. The van der Waals surface area contributed by atoms with Gasteiger partial charge in [-0.2, -0.15) is 9.61 Å². The highest BCUT2D eigenvalue weighted by Gasteiger charge is 2.16. The standard InChI is InChI=1S/C19H13FN8O/c1-27-10-11(9-22-27)16-25-17-13-8-12(20)5-6-14(13)23-19(28(17)26-16)24-15-4-2-3-7-21-18(15)29/h2-10H,1H3,(H,21,23,24,29). The zero-order chi connectivity index (χ0) is 20.0. The third-order valence-corrected chi connectivity index (χ3v) is 4.33. The highest BCUT2D eigenvalue weighted by atomic mass is 19.1. The molecule has 1 N–H and O–H groups in total. The maximum Gasteiger partial charge on any atom is 0.293 e. The van der Waals surface area contributed by atoms with Crippen molar-refractivity contribution in [1.29, 1.82) is 0 Å². The zero-order valence-corrected chi connectivity index (χ0v) is 15.1. The normalized spacial score (nSPS) is 11.2. The lowest BCUT2D eigenvalue weighted by Gasteiger charge is -2.07. The van der Waals surface area contributed by atoms with Crippen LogP contribution in [0.2, 0.25) is 0 Å². The van der Waals surface area contributed by atoms with E-state index in [1.54, 1.807) is 48.4 Å². The summed E-state index contributed by atoms with van der Waals surface area (Å²) in [6, 6.07) is 9.15. The van der Waals surface area contributed by atoms with E-state index in [2.05, 4.69) is 30.5 Å². The molecule has 0 saturated carbocycles. The van der Waals surface area contributed by atoms with E-state index >= 15 is 0 Å². The molecule has 29 heavy (non-hydrogen) atoms. The lowest BCUT2D eigenvalue weighted by Crippen LogP contribution is -2.11. The monoisotopic (exact) mass is 388 g/mol. The summed E-state index contributed by atoms with van der Waals surface area (Å²) >= 11 is 0. The topological polar surface area (TPSA) is 103 Å². The van der Waals surface area contributed by atoms with Crippen molar-refractivity contribution < 1.29 is 4.39 Å². The maximum atomic E-state index is 13.9. The average molecular weight is 388 g/mol. The number of fused-ring (bicyclic) bond motifs is 3. The van der Waals surface area contributed by atoms with Crippen molar-refractivity contribution in [3.8, 4) is 11.4 Å². The predicted octanol–water partition coefficient (Wildman–Crippen LogP) is 2.32. The molecule has 0 fully saturated rings. The molecule has 0 unspecified atom stereocenters. The molecule has 0 aliphatic heterocycles. The van der Waals surface area contributed by atoms with E-state index in [1.165, 1.54) is 22.8 Å². The van der Waals surface area contributed by atoms with Gasteiger partial charge < -0.3 is 5.32 Å². The van der Waals surface area contributed by atoms with Crippen molar-refractivity contribution >= 4 is 28.2 Å². The summed E-state index contributed by atoms with van der Waals surface area (Å²) in [6.07, 6.45) is 4.82. The molecule has 0 aliphatic rings. The first kappa shape index (κ1) is 16.9. The van der Waals surface area contributed by atoms with E-state index in [0.29, 0.717) is 27.9 Å². The summed E-state index contributed by atoms with van der Waals surface area (Å²) in [4.78, 5) is 25.1. The molecule has 0 atom stereocenters. The molecule has 9 nitrogen and oxygen atoms in total. The molecule has 1 aromatic carbocycles. The Labute approximate surface area is 162 Å². The number of aromatic nitrogens is 7. The molecular weight excluding hydrogens is 375 g/mol. The fourth-order valence-corrected chi connectivity index (χ4v) is 2.99. The van der Waals surface area contributed by atoms with Gasteiger partial charge in [-0.1, -0.05) is 6.07 Å². The van der Waals surface area contributed by atoms with Crippen LogP contribution in [0, 0.1) is 5.82 Å². The van der Waals surface area contributed by atoms with Crippen molar-refractivity contribution in [2.75, 3.05) is 5.32 Å². The van der Waals surface area contributed by atoms with Crippen molar-refractivity contribution in [3.63, 3.8) is 0 Å². The van der Waals surface area contributed by atoms with Gasteiger partial charge in [0, 0.05) is 24.8 Å². The van der Waals surface area contributed by atoms with E-state index in [0.717, 1.165) is 0 Å². The third-order valence-electron chi connectivity index (χ3n) is 4.33. The number of nitrogens with one attached hydrogen (secondary N) is 1. The molecule has 142 valence electrons. The first-order chi connectivity index (χ1) is 14.1. The van der Waals surface area contributed by atoms with E-state index in [4.69, 9.17) is 0 Å². The average Bonchev–Trinajstić information content (AvgIpc) is 3.28. The Bertz CT molecular complexity index is 1440. The minimum atomic E-state index is -0.447. The fourth-order valence-electron chi connectivity index (χ4n) is 2.99. The van der Waals surface area contributed by atoms with E-state index in [1.807, 2.05) is 0 Å². The summed E-state index contributed by atoms with van der Waals surface area (Å²) < 4.78 is 17.0. The van der Waals surface area contributed by atoms with Crippen LogP contribution in [0.25, 0.3) is 27.9 Å². The lowest BCUT2D eigenvalue weighted by molar-refractivity contribution is 0.629. The Hall–Kier alpha value is -4.21. The van der Waals surface area contributed by atoms with Crippen molar-refractivity contribution in [1.82, 2.24) is 34.3 Å². The number of hydrogen-bond donors (Lipinski definition) is 1. The summed E-state index contributed by atoms with van der Waals surface area (Å²) in [5.41, 5.74) is 1.38. The first-order valence-electron chi connectivity index (χ1n) is 8.66. The highest BCUT2D eigenvalue weighted by molar-refractivity contribution is 5.93. The molecule has 4 heterocycles. The SMILES string of the molecule is Cn1cc(-c2nc3c4cc(F)ccc4nc(Nc4ccccnc4=O)n3n2)cn1. The number of anilines is 2. The molecule has 5 aromatic rings. The van der Waals surface area contributed by atoms with Crippen molar-refractivity contribution in [3.05, 3.63) is 71.2 Å². The largest absolute Gasteiger partial charge is 0.319 e. The van der Waals surface area contributed by atoms with Crippen LogP contribution >= 0.6 is 0 Å². The molecule has 0 radical (unpaired) electrons. The smallest absolute Gasteiger partial charge is 0.293 e. The highest BCUT2D eigenvalue weighted by Crippen LogP contribution is 2.25. The van der Waals surface area contributed by atoms with Crippen molar-refractivity contribution in [2.24, 2.45) is 7.05 Å². The van der Waals surface area contributed by atoms with Gasteiger partial charge in [0.05, 0.1) is 17.3 Å². The second-order valence-electron chi connectivity index (χ2n) is 6.34. The summed E-state index contributed by atoms with van der Waals surface area (Å²) in [6.45, 7) is 0. The van der Waals surface area contributed by atoms with Gasteiger partial charge in [-0.25, -0.2) is 19.3 Å². The number of benzene rings is 1. The van der Waals surface area contributed by atoms with E-state index in [9.17, 15) is 9.18 Å². The Kier molecular flexibility index (Phi) is 3.76. The van der Waals surface area contributed by atoms with Crippen LogP contribution in [0.1, 0.15) is 0 Å². The van der Waals surface area contributed by atoms with Gasteiger partial charge in [0.1, 0.15) is 11.5 Å². The number of halogens is 1. The Balaban J connectivity index is 1.78. The van der Waals surface area contributed by atoms with Gasteiger partial charge in [-0.15, -0.1) is 5.10 Å².